The van der Waals surface area contributed by atoms with Crippen LogP contribution in [0.5, 0.6) is 0 Å². The molecule has 4 rings (SSSR count). The van der Waals surface area contributed by atoms with E-state index in [1.165, 1.54) is 11.3 Å². The van der Waals surface area contributed by atoms with Gasteiger partial charge in [-0.15, -0.1) is 0 Å². The summed E-state index contributed by atoms with van der Waals surface area (Å²) in [5.41, 5.74) is 5.45. The maximum absolute atomic E-state index is 4.81. The Hall–Kier alpha value is -2.49. The van der Waals surface area contributed by atoms with Gasteiger partial charge >= 0.3 is 0 Å². The lowest BCUT2D eigenvalue weighted by molar-refractivity contribution is 0.769. The fourth-order valence-corrected chi connectivity index (χ4v) is 2.90. The minimum absolute atomic E-state index is 0.803. The van der Waals surface area contributed by atoms with Crippen molar-refractivity contribution >= 4 is 0 Å². The van der Waals surface area contributed by atoms with Gasteiger partial charge in [0.2, 0.25) is 0 Å². The first-order valence-electron chi connectivity index (χ1n) is 7.26. The molecule has 0 saturated carbocycles. The number of fused-ring (bicyclic) bond motifs is 1. The zero-order valence-corrected chi connectivity index (χ0v) is 12.0. The molecule has 104 valence electrons. The molecule has 0 radical (unpaired) electrons. The highest BCUT2D eigenvalue weighted by molar-refractivity contribution is 5.65. The fourth-order valence-electron chi connectivity index (χ4n) is 2.90. The van der Waals surface area contributed by atoms with Crippen LogP contribution in [0.25, 0.3) is 22.8 Å². The Morgan fingerprint density at radius 2 is 1.86 bits per heavy atom. The molecule has 1 aromatic carbocycles. The standard InChI is InChI=1S/C17H16N4/c1-21-11-10-15(20-21)16-13-8-5-9-14(13)18-17(19-16)12-6-3-2-4-7-12/h2-4,6-7,10-11H,5,8-9H2,1H3. The number of aromatic nitrogens is 4. The van der Waals surface area contributed by atoms with Gasteiger partial charge in [-0.2, -0.15) is 5.10 Å². The maximum Gasteiger partial charge on any atom is 0.160 e. The van der Waals surface area contributed by atoms with Gasteiger partial charge in [0, 0.05) is 30.1 Å². The average Bonchev–Trinajstić information content (AvgIpc) is 3.15. The Balaban J connectivity index is 1.92. The van der Waals surface area contributed by atoms with Gasteiger partial charge in [0.05, 0.1) is 5.69 Å². The van der Waals surface area contributed by atoms with E-state index in [0.29, 0.717) is 0 Å². The van der Waals surface area contributed by atoms with Crippen LogP contribution in [-0.2, 0) is 19.9 Å². The molecule has 0 fully saturated rings. The van der Waals surface area contributed by atoms with Crippen molar-refractivity contribution in [3.05, 3.63) is 53.9 Å². The predicted molar refractivity (Wildman–Crippen MR) is 81.7 cm³/mol. The summed E-state index contributed by atoms with van der Waals surface area (Å²) in [4.78, 5) is 9.58. The Bertz CT molecular complexity index is 790. The zero-order chi connectivity index (χ0) is 14.2. The Kier molecular flexibility index (Phi) is 2.81. The molecule has 1 aliphatic carbocycles. The Morgan fingerprint density at radius 3 is 2.62 bits per heavy atom. The lowest BCUT2D eigenvalue weighted by Crippen LogP contribution is -2.01. The second-order valence-corrected chi connectivity index (χ2v) is 5.42. The quantitative estimate of drug-likeness (QED) is 0.722. The molecule has 2 heterocycles. The first kappa shape index (κ1) is 12.3. The predicted octanol–water partition coefficient (Wildman–Crippen LogP) is 3.03. The van der Waals surface area contributed by atoms with E-state index in [4.69, 9.17) is 9.97 Å². The molecule has 0 aliphatic heterocycles. The lowest BCUT2D eigenvalue weighted by atomic mass is 10.1. The summed E-state index contributed by atoms with van der Waals surface area (Å²) >= 11 is 0. The van der Waals surface area contributed by atoms with Crippen molar-refractivity contribution in [2.75, 3.05) is 0 Å². The Morgan fingerprint density at radius 1 is 1.00 bits per heavy atom. The van der Waals surface area contributed by atoms with Gasteiger partial charge in [0.15, 0.2) is 5.82 Å². The SMILES string of the molecule is Cn1ccc(-c2nc(-c3ccccc3)nc3c2CCC3)n1. The average molecular weight is 276 g/mol. The molecule has 0 atom stereocenters. The summed E-state index contributed by atoms with van der Waals surface area (Å²) < 4.78 is 1.82. The van der Waals surface area contributed by atoms with Crippen LogP contribution < -0.4 is 0 Å². The van der Waals surface area contributed by atoms with Crippen molar-refractivity contribution < 1.29 is 0 Å². The Labute approximate surface area is 123 Å². The van der Waals surface area contributed by atoms with E-state index in [1.54, 1.807) is 0 Å². The molecule has 3 aromatic rings. The van der Waals surface area contributed by atoms with Crippen molar-refractivity contribution in [3.8, 4) is 22.8 Å². The number of hydrogen-bond donors (Lipinski definition) is 0. The number of aryl methyl sites for hydroxylation is 2. The number of benzene rings is 1. The van der Waals surface area contributed by atoms with E-state index >= 15 is 0 Å². The van der Waals surface area contributed by atoms with Gasteiger partial charge in [0.1, 0.15) is 5.69 Å². The first-order valence-corrected chi connectivity index (χ1v) is 7.26. The van der Waals surface area contributed by atoms with Crippen molar-refractivity contribution in [2.45, 2.75) is 19.3 Å². The van der Waals surface area contributed by atoms with Gasteiger partial charge in [0.25, 0.3) is 0 Å². The fraction of sp³-hybridized carbons (Fsp3) is 0.235. The molecule has 0 saturated heterocycles. The highest BCUT2D eigenvalue weighted by Crippen LogP contribution is 2.31. The minimum atomic E-state index is 0.803. The second kappa shape index (κ2) is 4.81. The first-order chi connectivity index (χ1) is 10.3. The van der Waals surface area contributed by atoms with Gasteiger partial charge in [-0.3, -0.25) is 4.68 Å². The van der Waals surface area contributed by atoms with Crippen LogP contribution >= 0.6 is 0 Å². The van der Waals surface area contributed by atoms with E-state index in [2.05, 4.69) is 17.2 Å². The van der Waals surface area contributed by atoms with Crippen LogP contribution in [0.4, 0.5) is 0 Å². The molecule has 2 aromatic heterocycles. The van der Waals surface area contributed by atoms with Gasteiger partial charge in [-0.05, 0) is 25.3 Å². The number of nitrogens with zero attached hydrogens (tertiary/aromatic N) is 4. The van der Waals surface area contributed by atoms with Crippen molar-refractivity contribution in [1.29, 1.82) is 0 Å². The third-order valence-electron chi connectivity index (χ3n) is 3.92. The molecule has 0 amide bonds. The van der Waals surface area contributed by atoms with E-state index in [0.717, 1.165) is 42.0 Å². The van der Waals surface area contributed by atoms with Crippen molar-refractivity contribution in [2.24, 2.45) is 7.05 Å². The molecule has 4 nitrogen and oxygen atoms in total. The summed E-state index contributed by atoms with van der Waals surface area (Å²) in [5, 5.41) is 4.52. The van der Waals surface area contributed by atoms with Crippen molar-refractivity contribution in [3.63, 3.8) is 0 Å². The van der Waals surface area contributed by atoms with Crippen LogP contribution in [0.3, 0.4) is 0 Å². The minimum Gasteiger partial charge on any atom is -0.275 e. The summed E-state index contributed by atoms with van der Waals surface area (Å²) in [6, 6.07) is 12.2. The van der Waals surface area contributed by atoms with Crippen LogP contribution in [0.1, 0.15) is 17.7 Å². The molecule has 4 heteroatoms. The van der Waals surface area contributed by atoms with Crippen LogP contribution in [-0.4, -0.2) is 19.7 Å². The van der Waals surface area contributed by atoms with Gasteiger partial charge < -0.3 is 0 Å². The molecule has 21 heavy (non-hydrogen) atoms. The third-order valence-corrected chi connectivity index (χ3v) is 3.92. The zero-order valence-electron chi connectivity index (χ0n) is 12.0. The lowest BCUT2D eigenvalue weighted by Gasteiger charge is -2.08. The molecule has 0 unspecified atom stereocenters. The summed E-state index contributed by atoms with van der Waals surface area (Å²) in [6.07, 6.45) is 5.21. The smallest absolute Gasteiger partial charge is 0.160 e. The second-order valence-electron chi connectivity index (χ2n) is 5.42. The van der Waals surface area contributed by atoms with Gasteiger partial charge in [-0.1, -0.05) is 30.3 Å². The topological polar surface area (TPSA) is 43.6 Å². The number of hydrogen-bond acceptors (Lipinski definition) is 3. The van der Waals surface area contributed by atoms with E-state index < -0.39 is 0 Å². The molecule has 0 N–H and O–H groups in total. The molecular weight excluding hydrogens is 260 g/mol. The van der Waals surface area contributed by atoms with E-state index in [9.17, 15) is 0 Å². The van der Waals surface area contributed by atoms with E-state index in [-0.39, 0.29) is 0 Å². The summed E-state index contributed by atoms with van der Waals surface area (Å²) in [5.74, 6) is 0.803. The van der Waals surface area contributed by atoms with E-state index in [1.807, 2.05) is 42.2 Å². The van der Waals surface area contributed by atoms with Crippen LogP contribution in [0, 0.1) is 0 Å². The largest absolute Gasteiger partial charge is 0.275 e. The van der Waals surface area contributed by atoms with Crippen LogP contribution in [0.2, 0.25) is 0 Å². The monoisotopic (exact) mass is 276 g/mol. The highest BCUT2D eigenvalue weighted by Gasteiger charge is 2.21. The molecule has 0 bridgehead atoms. The van der Waals surface area contributed by atoms with Crippen LogP contribution in [0.15, 0.2) is 42.6 Å². The van der Waals surface area contributed by atoms with Crippen molar-refractivity contribution in [1.82, 2.24) is 19.7 Å². The maximum atomic E-state index is 4.81. The summed E-state index contributed by atoms with van der Waals surface area (Å²) in [7, 11) is 1.93. The normalized spacial score (nSPS) is 13.4. The molecular formula is C17H16N4. The summed E-state index contributed by atoms with van der Waals surface area (Å²) in [6.45, 7) is 0. The number of rotatable bonds is 2. The third kappa shape index (κ3) is 2.13. The highest BCUT2D eigenvalue weighted by atomic mass is 15.2. The molecule has 1 aliphatic rings. The van der Waals surface area contributed by atoms with Gasteiger partial charge in [-0.25, -0.2) is 9.97 Å². The molecule has 0 spiro atoms.